The minimum absolute atomic E-state index is 0.0211. The van der Waals surface area contributed by atoms with Crippen LogP contribution in [0.1, 0.15) is 34.1 Å². The minimum Gasteiger partial charge on any atom is -0.379 e. The molecule has 112 valence electrons. The highest BCUT2D eigenvalue weighted by Gasteiger charge is 2.04. The molecule has 6 heteroatoms. The highest BCUT2D eigenvalue weighted by molar-refractivity contribution is 5.77. The van der Waals surface area contributed by atoms with Gasteiger partial charge in [-0.1, -0.05) is 0 Å². The Bertz CT molecular complexity index is 241. The molecule has 0 aliphatic carbocycles. The van der Waals surface area contributed by atoms with E-state index in [-0.39, 0.29) is 30.5 Å². The molecule has 0 rings (SSSR count). The van der Waals surface area contributed by atoms with Crippen molar-refractivity contribution in [2.75, 3.05) is 26.4 Å². The quantitative estimate of drug-likeness (QED) is 0.567. The molecule has 2 N–H and O–H groups in total. The monoisotopic (exact) mass is 274 g/mol. The van der Waals surface area contributed by atoms with Gasteiger partial charge in [0.25, 0.3) is 0 Å². The van der Waals surface area contributed by atoms with E-state index in [9.17, 15) is 9.59 Å². The number of nitrogens with one attached hydrogen (secondary N) is 2. The van der Waals surface area contributed by atoms with Crippen molar-refractivity contribution in [1.29, 1.82) is 0 Å². The molecule has 0 aromatic rings. The maximum atomic E-state index is 11.3. The second-order valence-corrected chi connectivity index (χ2v) is 4.86. The van der Waals surface area contributed by atoms with E-state index in [4.69, 9.17) is 9.47 Å². The molecule has 6 nitrogen and oxygen atoms in total. The average Bonchev–Trinajstić information content (AvgIpc) is 2.25. The zero-order chi connectivity index (χ0) is 14.7. The third-order valence-corrected chi connectivity index (χ3v) is 1.98. The smallest absolute Gasteiger partial charge is 0.246 e. The van der Waals surface area contributed by atoms with E-state index in [1.165, 1.54) is 0 Å². The number of rotatable bonds is 10. The molecule has 0 unspecified atom stereocenters. The number of amides is 2. The van der Waals surface area contributed by atoms with Crippen LogP contribution >= 0.6 is 0 Å². The summed E-state index contributed by atoms with van der Waals surface area (Å²) in [7, 11) is 0. The maximum Gasteiger partial charge on any atom is 0.246 e. The van der Waals surface area contributed by atoms with Crippen molar-refractivity contribution in [3.8, 4) is 0 Å². The van der Waals surface area contributed by atoms with E-state index >= 15 is 0 Å². The van der Waals surface area contributed by atoms with Gasteiger partial charge >= 0.3 is 0 Å². The minimum atomic E-state index is -0.133. The van der Waals surface area contributed by atoms with Crippen molar-refractivity contribution in [2.45, 2.75) is 46.2 Å². The van der Waals surface area contributed by atoms with Gasteiger partial charge in [0.05, 0.1) is 19.8 Å². The fourth-order valence-electron chi connectivity index (χ4n) is 1.31. The van der Waals surface area contributed by atoms with E-state index < -0.39 is 0 Å². The normalized spacial score (nSPS) is 10.8. The van der Waals surface area contributed by atoms with Crippen molar-refractivity contribution in [2.24, 2.45) is 0 Å². The van der Waals surface area contributed by atoms with Gasteiger partial charge in [0, 0.05) is 18.5 Å². The largest absolute Gasteiger partial charge is 0.379 e. The summed E-state index contributed by atoms with van der Waals surface area (Å²) in [5, 5.41) is 5.50. The third kappa shape index (κ3) is 13.1. The van der Waals surface area contributed by atoms with Gasteiger partial charge in [-0.05, 0) is 27.7 Å². The third-order valence-electron chi connectivity index (χ3n) is 1.98. The van der Waals surface area contributed by atoms with E-state index in [1.807, 2.05) is 27.7 Å². The maximum absolute atomic E-state index is 11.3. The first-order valence-corrected chi connectivity index (χ1v) is 6.66. The molecular formula is C13H26N2O4. The summed E-state index contributed by atoms with van der Waals surface area (Å²) in [5.41, 5.74) is 0. The van der Waals surface area contributed by atoms with Crippen LogP contribution < -0.4 is 10.6 Å². The standard InChI is InChI=1S/C13H26N2O4/c1-10(2)14-12(16)5-6-18-7-8-19-9-13(17)15-11(3)4/h10-11H,5-9H2,1-4H3,(H,14,16)(H,15,17). The Morgan fingerprint density at radius 3 is 1.95 bits per heavy atom. The number of carbonyl (C=O) groups is 2. The summed E-state index contributed by atoms with van der Waals surface area (Å²) in [4.78, 5) is 22.5. The second-order valence-electron chi connectivity index (χ2n) is 4.86. The van der Waals surface area contributed by atoms with Gasteiger partial charge in [0.1, 0.15) is 6.61 Å². The Hall–Kier alpha value is -1.14. The van der Waals surface area contributed by atoms with Crippen LogP contribution in [-0.4, -0.2) is 50.3 Å². The van der Waals surface area contributed by atoms with Crippen molar-refractivity contribution in [3.05, 3.63) is 0 Å². The summed E-state index contributed by atoms with van der Waals surface area (Å²) in [5.74, 6) is -0.154. The highest BCUT2D eigenvalue weighted by Crippen LogP contribution is 1.87. The molecule has 0 heterocycles. The molecule has 0 bridgehead atoms. The molecular weight excluding hydrogens is 248 g/mol. The predicted molar refractivity (Wildman–Crippen MR) is 72.8 cm³/mol. The fourth-order valence-corrected chi connectivity index (χ4v) is 1.31. The summed E-state index contributed by atoms with van der Waals surface area (Å²) >= 11 is 0. The van der Waals surface area contributed by atoms with Crippen LogP contribution in [0, 0.1) is 0 Å². The number of carbonyl (C=O) groups excluding carboxylic acids is 2. The van der Waals surface area contributed by atoms with Crippen LogP contribution in [0.2, 0.25) is 0 Å². The van der Waals surface area contributed by atoms with Crippen molar-refractivity contribution in [1.82, 2.24) is 10.6 Å². The van der Waals surface area contributed by atoms with Crippen LogP contribution in [0.4, 0.5) is 0 Å². The van der Waals surface area contributed by atoms with E-state index in [0.29, 0.717) is 26.2 Å². The Labute approximate surface area is 115 Å². The topological polar surface area (TPSA) is 76.7 Å². The number of hydrogen-bond donors (Lipinski definition) is 2. The molecule has 0 fully saturated rings. The molecule has 0 aliphatic rings. The lowest BCUT2D eigenvalue weighted by atomic mass is 10.3. The second kappa shape index (κ2) is 10.8. The lowest BCUT2D eigenvalue weighted by Crippen LogP contribution is -2.33. The molecule has 0 spiro atoms. The van der Waals surface area contributed by atoms with Crippen LogP contribution in [0.25, 0.3) is 0 Å². The van der Waals surface area contributed by atoms with E-state index in [1.54, 1.807) is 0 Å². The predicted octanol–water partition coefficient (Wildman–Crippen LogP) is 0.459. The van der Waals surface area contributed by atoms with E-state index in [0.717, 1.165) is 0 Å². The summed E-state index contributed by atoms with van der Waals surface area (Å²) < 4.78 is 10.4. The molecule has 0 saturated heterocycles. The SMILES string of the molecule is CC(C)NC(=O)CCOCCOCC(=O)NC(C)C. The molecule has 0 radical (unpaired) electrons. The first kappa shape index (κ1) is 17.9. The van der Waals surface area contributed by atoms with Gasteiger partial charge in [-0.3, -0.25) is 9.59 Å². The summed E-state index contributed by atoms with van der Waals surface area (Å²) in [6.07, 6.45) is 0.339. The zero-order valence-electron chi connectivity index (χ0n) is 12.3. The Morgan fingerprint density at radius 2 is 1.37 bits per heavy atom. The van der Waals surface area contributed by atoms with Crippen molar-refractivity contribution in [3.63, 3.8) is 0 Å². The zero-order valence-corrected chi connectivity index (χ0v) is 12.3. The molecule has 0 aliphatic heterocycles. The van der Waals surface area contributed by atoms with Gasteiger partial charge < -0.3 is 20.1 Å². The molecule has 0 aromatic heterocycles. The van der Waals surface area contributed by atoms with Crippen LogP contribution in [0.3, 0.4) is 0 Å². The van der Waals surface area contributed by atoms with Gasteiger partial charge in [-0.2, -0.15) is 0 Å². The molecule has 0 saturated carbocycles. The average molecular weight is 274 g/mol. The lowest BCUT2D eigenvalue weighted by Gasteiger charge is -2.10. The molecule has 0 aromatic carbocycles. The highest BCUT2D eigenvalue weighted by atomic mass is 16.5. The first-order valence-electron chi connectivity index (χ1n) is 6.66. The lowest BCUT2D eigenvalue weighted by molar-refractivity contribution is -0.126. The molecule has 0 atom stereocenters. The fraction of sp³-hybridized carbons (Fsp3) is 0.846. The summed E-state index contributed by atoms with van der Waals surface area (Å²) in [6.45, 7) is 8.73. The van der Waals surface area contributed by atoms with Crippen LogP contribution in [0.5, 0.6) is 0 Å². The van der Waals surface area contributed by atoms with Crippen LogP contribution in [-0.2, 0) is 19.1 Å². The van der Waals surface area contributed by atoms with E-state index in [2.05, 4.69) is 10.6 Å². The van der Waals surface area contributed by atoms with Gasteiger partial charge in [0.15, 0.2) is 0 Å². The first-order chi connectivity index (χ1) is 8.91. The Balaban J connectivity index is 3.32. The molecule has 19 heavy (non-hydrogen) atoms. The number of hydrogen-bond acceptors (Lipinski definition) is 4. The van der Waals surface area contributed by atoms with Crippen molar-refractivity contribution < 1.29 is 19.1 Å². The van der Waals surface area contributed by atoms with Gasteiger partial charge in [-0.25, -0.2) is 0 Å². The Morgan fingerprint density at radius 1 is 0.842 bits per heavy atom. The van der Waals surface area contributed by atoms with Crippen molar-refractivity contribution >= 4 is 11.8 Å². The Kier molecular flexibility index (Phi) is 10.1. The summed E-state index contributed by atoms with van der Waals surface area (Å²) in [6, 6.07) is 0.266. The molecule has 2 amide bonds. The number of ether oxygens (including phenoxy) is 2. The van der Waals surface area contributed by atoms with Gasteiger partial charge in [-0.15, -0.1) is 0 Å². The van der Waals surface area contributed by atoms with Gasteiger partial charge in [0.2, 0.25) is 11.8 Å². The van der Waals surface area contributed by atoms with Crippen LogP contribution in [0.15, 0.2) is 0 Å².